The molecule has 0 spiro atoms. The van der Waals surface area contributed by atoms with Crippen molar-refractivity contribution in [3.8, 4) is 5.75 Å². The lowest BCUT2D eigenvalue weighted by atomic mass is 10.1. The van der Waals surface area contributed by atoms with Crippen LogP contribution in [0.2, 0.25) is 4.34 Å². The van der Waals surface area contributed by atoms with E-state index in [0.29, 0.717) is 16.8 Å². The minimum absolute atomic E-state index is 0.296. The summed E-state index contributed by atoms with van der Waals surface area (Å²) in [6.45, 7) is 3.89. The molecule has 1 aromatic heterocycles. The van der Waals surface area contributed by atoms with Gasteiger partial charge in [0.1, 0.15) is 11.9 Å². The van der Waals surface area contributed by atoms with Crippen LogP contribution in [0, 0.1) is 0 Å². The number of methoxy groups -OCH3 is 1. The highest BCUT2D eigenvalue weighted by molar-refractivity contribution is 7.16. The second-order valence-corrected chi connectivity index (χ2v) is 7.50. The Morgan fingerprint density at radius 3 is 2.62 bits per heavy atom. The maximum absolute atomic E-state index is 10.2. The second-order valence-electron chi connectivity index (χ2n) is 5.76. The van der Waals surface area contributed by atoms with E-state index >= 15 is 0 Å². The van der Waals surface area contributed by atoms with Crippen LogP contribution < -0.4 is 15.4 Å². The minimum atomic E-state index is -0.637. The number of ether oxygens (including phenoxy) is 1. The fourth-order valence-corrected chi connectivity index (χ4v) is 3.45. The highest BCUT2D eigenvalue weighted by Gasteiger charge is 2.10. The van der Waals surface area contributed by atoms with Crippen molar-refractivity contribution in [2.45, 2.75) is 25.9 Å². The summed E-state index contributed by atoms with van der Waals surface area (Å²) in [5.74, 6) is 1.59. The number of aliphatic hydroxyl groups excluding tert-OH is 1. The molecular weight excluding hydrogens is 370 g/mol. The predicted molar refractivity (Wildman–Crippen MR) is 110 cm³/mol. The first-order valence-electron chi connectivity index (χ1n) is 8.70. The number of guanidine groups is 1. The summed E-state index contributed by atoms with van der Waals surface area (Å²) in [6, 6.07) is 11.7. The van der Waals surface area contributed by atoms with Crippen LogP contribution in [0.1, 0.15) is 29.9 Å². The molecule has 0 fully saturated rings. The van der Waals surface area contributed by atoms with Crippen molar-refractivity contribution in [2.75, 3.05) is 26.7 Å². The normalized spacial score (nSPS) is 12.7. The van der Waals surface area contributed by atoms with Crippen LogP contribution >= 0.6 is 22.9 Å². The number of aliphatic hydroxyl groups is 1. The maximum atomic E-state index is 10.2. The van der Waals surface area contributed by atoms with Gasteiger partial charge in [0.2, 0.25) is 0 Å². The van der Waals surface area contributed by atoms with Gasteiger partial charge in [0.25, 0.3) is 0 Å². The molecular formula is C19H26ClN3O2S. The molecule has 0 aliphatic carbocycles. The molecule has 0 amide bonds. The zero-order chi connectivity index (χ0) is 18.8. The van der Waals surface area contributed by atoms with Gasteiger partial charge in [0, 0.05) is 18.0 Å². The Morgan fingerprint density at radius 1 is 1.23 bits per heavy atom. The molecule has 7 heteroatoms. The number of halogens is 1. The van der Waals surface area contributed by atoms with Gasteiger partial charge in [0.15, 0.2) is 5.96 Å². The zero-order valence-corrected chi connectivity index (χ0v) is 16.7. The molecule has 0 aliphatic rings. The molecule has 1 unspecified atom stereocenters. The first-order chi connectivity index (χ1) is 12.6. The third kappa shape index (κ3) is 6.86. The summed E-state index contributed by atoms with van der Waals surface area (Å²) in [7, 11) is 1.67. The third-order valence-electron chi connectivity index (χ3n) is 3.78. The smallest absolute Gasteiger partial charge is 0.191 e. The molecule has 2 rings (SSSR count). The average molecular weight is 396 g/mol. The number of rotatable bonds is 9. The van der Waals surface area contributed by atoms with E-state index in [1.807, 2.05) is 25.1 Å². The highest BCUT2D eigenvalue weighted by atomic mass is 35.5. The van der Waals surface area contributed by atoms with Crippen LogP contribution in [-0.4, -0.2) is 37.8 Å². The van der Waals surface area contributed by atoms with E-state index < -0.39 is 6.10 Å². The Labute approximate surface area is 164 Å². The summed E-state index contributed by atoms with van der Waals surface area (Å²) >= 11 is 7.29. The van der Waals surface area contributed by atoms with Gasteiger partial charge in [-0.15, -0.1) is 11.3 Å². The van der Waals surface area contributed by atoms with Crippen LogP contribution in [0.25, 0.3) is 0 Å². The Kier molecular flexibility index (Phi) is 8.74. The topological polar surface area (TPSA) is 65.9 Å². The van der Waals surface area contributed by atoms with E-state index in [1.165, 1.54) is 16.9 Å². The highest BCUT2D eigenvalue weighted by Crippen LogP contribution is 2.26. The summed E-state index contributed by atoms with van der Waals surface area (Å²) in [6.07, 6.45) is 1.33. The predicted octanol–water partition coefficient (Wildman–Crippen LogP) is 3.63. The SMILES string of the molecule is CCNC(=NCC(O)c1ccc(Cl)s1)NCCCc1ccc(OC)cc1. The van der Waals surface area contributed by atoms with Crippen molar-refractivity contribution in [1.29, 1.82) is 0 Å². The van der Waals surface area contributed by atoms with E-state index in [-0.39, 0.29) is 0 Å². The lowest BCUT2D eigenvalue weighted by Crippen LogP contribution is -2.38. The van der Waals surface area contributed by atoms with E-state index in [4.69, 9.17) is 16.3 Å². The third-order valence-corrected chi connectivity index (χ3v) is 5.12. The Balaban J connectivity index is 1.77. The molecule has 0 bridgehead atoms. The second kappa shape index (κ2) is 11.1. The van der Waals surface area contributed by atoms with Gasteiger partial charge in [0.05, 0.1) is 18.0 Å². The lowest BCUT2D eigenvalue weighted by molar-refractivity contribution is 0.191. The number of hydrogen-bond acceptors (Lipinski definition) is 4. The van der Waals surface area contributed by atoms with Gasteiger partial charge in [-0.2, -0.15) is 0 Å². The van der Waals surface area contributed by atoms with Crippen molar-refractivity contribution < 1.29 is 9.84 Å². The Morgan fingerprint density at radius 2 is 2.00 bits per heavy atom. The quantitative estimate of drug-likeness (QED) is 0.344. The van der Waals surface area contributed by atoms with Crippen LogP contribution in [0.4, 0.5) is 0 Å². The van der Waals surface area contributed by atoms with Gasteiger partial charge < -0.3 is 20.5 Å². The lowest BCUT2D eigenvalue weighted by Gasteiger charge is -2.12. The molecule has 1 atom stereocenters. The van der Waals surface area contributed by atoms with Crippen LogP contribution in [-0.2, 0) is 6.42 Å². The zero-order valence-electron chi connectivity index (χ0n) is 15.2. The van der Waals surface area contributed by atoms with Crippen molar-refractivity contribution in [1.82, 2.24) is 10.6 Å². The maximum Gasteiger partial charge on any atom is 0.191 e. The van der Waals surface area contributed by atoms with Crippen LogP contribution in [0.5, 0.6) is 5.75 Å². The van der Waals surface area contributed by atoms with Crippen LogP contribution in [0.15, 0.2) is 41.4 Å². The first kappa shape index (κ1) is 20.6. The molecule has 0 aliphatic heterocycles. The van der Waals surface area contributed by atoms with Crippen molar-refractivity contribution in [3.05, 3.63) is 51.2 Å². The number of nitrogens with zero attached hydrogens (tertiary/aromatic N) is 1. The van der Waals surface area contributed by atoms with Gasteiger partial charge in [-0.05, 0) is 49.6 Å². The van der Waals surface area contributed by atoms with Crippen molar-refractivity contribution in [3.63, 3.8) is 0 Å². The van der Waals surface area contributed by atoms with Crippen LogP contribution in [0.3, 0.4) is 0 Å². The van der Waals surface area contributed by atoms with E-state index in [9.17, 15) is 5.11 Å². The van der Waals surface area contributed by atoms with Gasteiger partial charge in [-0.1, -0.05) is 23.7 Å². The molecule has 0 saturated carbocycles. The Bertz CT molecular complexity index is 688. The first-order valence-corrected chi connectivity index (χ1v) is 9.90. The monoisotopic (exact) mass is 395 g/mol. The fraction of sp³-hybridized carbons (Fsp3) is 0.421. The minimum Gasteiger partial charge on any atom is -0.497 e. The van der Waals surface area contributed by atoms with Gasteiger partial charge in [-0.3, -0.25) is 4.99 Å². The number of benzene rings is 1. The standard InChI is InChI=1S/C19H26ClN3O2S/c1-3-21-19(23-13-16(24)17-10-11-18(20)26-17)22-12-4-5-14-6-8-15(25-2)9-7-14/h6-11,16,24H,3-5,12-13H2,1-2H3,(H2,21,22,23). The molecule has 142 valence electrons. The summed E-state index contributed by atoms with van der Waals surface area (Å²) in [5.41, 5.74) is 1.28. The molecule has 0 saturated heterocycles. The summed E-state index contributed by atoms with van der Waals surface area (Å²) in [4.78, 5) is 5.29. The van der Waals surface area contributed by atoms with Gasteiger partial charge in [-0.25, -0.2) is 0 Å². The molecule has 5 nitrogen and oxygen atoms in total. The number of aliphatic imine (C=N–C) groups is 1. The molecule has 1 heterocycles. The summed E-state index contributed by atoms with van der Waals surface area (Å²) < 4.78 is 5.84. The average Bonchev–Trinajstić information content (AvgIpc) is 3.09. The van der Waals surface area contributed by atoms with Crippen molar-refractivity contribution >= 4 is 28.9 Å². The van der Waals surface area contributed by atoms with Crippen molar-refractivity contribution in [2.24, 2.45) is 4.99 Å². The molecule has 3 N–H and O–H groups in total. The number of thiophene rings is 1. The van der Waals surface area contributed by atoms with E-state index in [2.05, 4.69) is 27.8 Å². The van der Waals surface area contributed by atoms with E-state index in [1.54, 1.807) is 13.2 Å². The number of hydrogen-bond donors (Lipinski definition) is 3. The number of nitrogens with one attached hydrogen (secondary N) is 2. The fourth-order valence-electron chi connectivity index (χ4n) is 2.41. The largest absolute Gasteiger partial charge is 0.497 e. The van der Waals surface area contributed by atoms with E-state index in [0.717, 1.165) is 36.6 Å². The van der Waals surface area contributed by atoms with Gasteiger partial charge >= 0.3 is 0 Å². The molecule has 1 aromatic carbocycles. The molecule has 2 aromatic rings. The Hall–Kier alpha value is -1.76. The summed E-state index contributed by atoms with van der Waals surface area (Å²) in [5, 5.41) is 16.7. The number of aryl methyl sites for hydroxylation is 1. The molecule has 26 heavy (non-hydrogen) atoms. The molecule has 0 radical (unpaired) electrons.